The molecular weight excluding hydrogens is 841 g/mol. The molecule has 6 heteroatoms. The molecule has 0 aliphatic carbocycles. The highest BCUT2D eigenvalue weighted by Crippen LogP contribution is 2.13. The second kappa shape index (κ2) is 54.9. The predicted molar refractivity (Wildman–Crippen MR) is 292 cm³/mol. The van der Waals surface area contributed by atoms with Crippen LogP contribution in [0.3, 0.4) is 0 Å². The Bertz CT molecular complexity index is 1540. The van der Waals surface area contributed by atoms with Gasteiger partial charge in [0.05, 0.1) is 0 Å². The fourth-order valence-electron chi connectivity index (χ4n) is 6.76. The second-order valence-corrected chi connectivity index (χ2v) is 17.2. The van der Waals surface area contributed by atoms with E-state index < -0.39 is 6.10 Å². The van der Waals surface area contributed by atoms with Crippen LogP contribution in [0.2, 0.25) is 0 Å². The zero-order chi connectivity index (χ0) is 49.3. The van der Waals surface area contributed by atoms with Crippen LogP contribution in [0.25, 0.3) is 0 Å². The SMILES string of the molecule is CC\C=C/C=C\C=C/C=C\C=C\C=C/C=C\CCCCCC(=O)OCC(COC(=O)CCCCCC/C=C\C/C=C\C/C=C\CC)OC(=O)CCCCCCCCC/C=C\C/C=C\CCCCC. The zero-order valence-electron chi connectivity index (χ0n) is 43.3. The van der Waals surface area contributed by atoms with Crippen LogP contribution in [0.1, 0.15) is 207 Å². The van der Waals surface area contributed by atoms with Gasteiger partial charge in [-0.15, -0.1) is 0 Å². The van der Waals surface area contributed by atoms with Crippen LogP contribution in [0.5, 0.6) is 0 Å². The molecule has 0 aliphatic heterocycles. The van der Waals surface area contributed by atoms with Crippen LogP contribution in [-0.2, 0) is 28.6 Å². The Balaban J connectivity index is 4.57. The largest absolute Gasteiger partial charge is 0.462 e. The number of hydrogen-bond donors (Lipinski definition) is 0. The number of ether oxygens (including phenoxy) is 3. The fraction of sp³-hybridized carbons (Fsp3) is 0.565. The van der Waals surface area contributed by atoms with Crippen molar-refractivity contribution >= 4 is 17.9 Å². The molecular formula is C62H96O6. The summed E-state index contributed by atoms with van der Waals surface area (Å²) in [5, 5.41) is 0. The number of unbranched alkanes of at least 4 members (excludes halogenated alkanes) is 17. The molecule has 1 unspecified atom stereocenters. The molecule has 0 saturated heterocycles. The van der Waals surface area contributed by atoms with E-state index in [0.29, 0.717) is 19.3 Å². The molecule has 0 rings (SSSR count). The van der Waals surface area contributed by atoms with Crippen LogP contribution in [-0.4, -0.2) is 37.2 Å². The summed E-state index contributed by atoms with van der Waals surface area (Å²) in [5.41, 5.74) is 0. The first-order valence-corrected chi connectivity index (χ1v) is 26.9. The lowest BCUT2D eigenvalue weighted by Gasteiger charge is -2.18. The van der Waals surface area contributed by atoms with Crippen molar-refractivity contribution in [1.82, 2.24) is 0 Å². The number of allylic oxidation sites excluding steroid dienone is 24. The van der Waals surface area contributed by atoms with Gasteiger partial charge in [-0.05, 0) is 103 Å². The van der Waals surface area contributed by atoms with Gasteiger partial charge in [0.15, 0.2) is 6.10 Å². The van der Waals surface area contributed by atoms with Gasteiger partial charge in [-0.3, -0.25) is 14.4 Å². The molecule has 0 spiro atoms. The van der Waals surface area contributed by atoms with Gasteiger partial charge >= 0.3 is 17.9 Å². The van der Waals surface area contributed by atoms with E-state index in [2.05, 4.69) is 93.7 Å². The molecule has 0 saturated carbocycles. The van der Waals surface area contributed by atoms with E-state index >= 15 is 0 Å². The van der Waals surface area contributed by atoms with Crippen LogP contribution >= 0.6 is 0 Å². The number of carbonyl (C=O) groups excluding carboxylic acids is 3. The Kier molecular flexibility index (Phi) is 51.1. The van der Waals surface area contributed by atoms with Gasteiger partial charge in [0, 0.05) is 19.3 Å². The first kappa shape index (κ1) is 63.3. The van der Waals surface area contributed by atoms with Crippen molar-refractivity contribution in [2.45, 2.75) is 213 Å². The van der Waals surface area contributed by atoms with Crippen molar-refractivity contribution in [3.8, 4) is 0 Å². The summed E-state index contributed by atoms with van der Waals surface area (Å²) in [5.74, 6) is -0.998. The molecule has 0 aromatic carbocycles. The normalized spacial score (nSPS) is 13.3. The summed E-state index contributed by atoms with van der Waals surface area (Å²) >= 11 is 0. The highest BCUT2D eigenvalue weighted by Gasteiger charge is 2.19. The van der Waals surface area contributed by atoms with Crippen molar-refractivity contribution in [3.63, 3.8) is 0 Å². The van der Waals surface area contributed by atoms with E-state index in [9.17, 15) is 14.4 Å². The summed E-state index contributed by atoms with van der Waals surface area (Å²) in [4.78, 5) is 38.1. The van der Waals surface area contributed by atoms with Gasteiger partial charge in [-0.1, -0.05) is 231 Å². The predicted octanol–water partition coefficient (Wildman–Crippen LogP) is 18.0. The molecule has 0 aromatic rings. The topological polar surface area (TPSA) is 78.9 Å². The molecule has 6 nitrogen and oxygen atoms in total. The second-order valence-electron chi connectivity index (χ2n) is 17.2. The minimum absolute atomic E-state index is 0.114. The Labute approximate surface area is 417 Å². The Morgan fingerprint density at radius 3 is 1.09 bits per heavy atom. The Morgan fingerprint density at radius 2 is 0.647 bits per heavy atom. The quantitative estimate of drug-likeness (QED) is 0.0199. The van der Waals surface area contributed by atoms with Gasteiger partial charge in [-0.25, -0.2) is 0 Å². The number of hydrogen-bond acceptors (Lipinski definition) is 6. The van der Waals surface area contributed by atoms with Crippen molar-refractivity contribution < 1.29 is 28.6 Å². The van der Waals surface area contributed by atoms with Gasteiger partial charge in [-0.2, -0.15) is 0 Å². The molecule has 0 heterocycles. The third-order valence-corrected chi connectivity index (χ3v) is 10.8. The number of carbonyl (C=O) groups is 3. The van der Waals surface area contributed by atoms with Crippen LogP contribution in [0.4, 0.5) is 0 Å². The summed E-state index contributed by atoms with van der Waals surface area (Å²) < 4.78 is 16.8. The van der Waals surface area contributed by atoms with Crippen molar-refractivity contribution in [2.75, 3.05) is 13.2 Å². The highest BCUT2D eigenvalue weighted by atomic mass is 16.6. The lowest BCUT2D eigenvalue weighted by atomic mass is 10.1. The number of rotatable bonds is 46. The standard InChI is InChI=1S/C62H96O6/c1-4-7-10-13-16-19-22-25-28-30-31-33-34-37-40-43-46-49-52-55-61(64)67-58-59(57-66-60(63)54-51-48-45-42-39-36-27-24-21-18-15-12-9-6-3)68-62(65)56-53-50-47-44-41-38-35-32-29-26-23-20-17-14-11-8-5-2/h7,9-10,12-13,16-22,25-31,33-34,36-37,40,59H,4-6,8,11,14-15,23-24,32,35,38-39,41-58H2,1-3H3/b10-7-,12-9-,16-13-,20-17-,21-18-,22-19-,28-25-,29-26-,31-30+,34-33-,36-27-,40-37-. The molecule has 1 atom stereocenters. The molecule has 0 fully saturated rings. The first-order chi connectivity index (χ1) is 33.5. The third kappa shape index (κ3) is 52.3. The average Bonchev–Trinajstić information content (AvgIpc) is 3.34. The monoisotopic (exact) mass is 937 g/mol. The van der Waals surface area contributed by atoms with Gasteiger partial charge < -0.3 is 14.2 Å². The van der Waals surface area contributed by atoms with E-state index in [1.54, 1.807) is 0 Å². The first-order valence-electron chi connectivity index (χ1n) is 26.9. The van der Waals surface area contributed by atoms with E-state index in [1.165, 1.54) is 51.4 Å². The number of esters is 3. The summed E-state index contributed by atoms with van der Waals surface area (Å²) in [6.07, 6.45) is 78.2. The van der Waals surface area contributed by atoms with Gasteiger partial charge in [0.2, 0.25) is 0 Å². The minimum Gasteiger partial charge on any atom is -0.462 e. The smallest absolute Gasteiger partial charge is 0.306 e. The van der Waals surface area contributed by atoms with E-state index in [0.717, 1.165) is 116 Å². The summed E-state index contributed by atoms with van der Waals surface area (Å²) in [7, 11) is 0. The zero-order valence-corrected chi connectivity index (χ0v) is 43.3. The summed E-state index contributed by atoms with van der Waals surface area (Å²) in [6, 6.07) is 0. The fourth-order valence-corrected chi connectivity index (χ4v) is 6.76. The minimum atomic E-state index is -0.818. The van der Waals surface area contributed by atoms with Crippen molar-refractivity contribution in [3.05, 3.63) is 146 Å². The highest BCUT2D eigenvalue weighted by molar-refractivity contribution is 5.71. The van der Waals surface area contributed by atoms with Crippen LogP contribution < -0.4 is 0 Å². The van der Waals surface area contributed by atoms with Crippen molar-refractivity contribution in [1.29, 1.82) is 0 Å². The van der Waals surface area contributed by atoms with E-state index in [-0.39, 0.29) is 31.1 Å². The summed E-state index contributed by atoms with van der Waals surface area (Å²) in [6.45, 7) is 6.27. The molecule has 0 radical (unpaired) electrons. The molecule has 380 valence electrons. The molecule has 0 N–H and O–H groups in total. The van der Waals surface area contributed by atoms with E-state index in [4.69, 9.17) is 14.2 Å². The molecule has 0 aromatic heterocycles. The maximum atomic E-state index is 12.8. The lowest BCUT2D eigenvalue weighted by molar-refractivity contribution is -0.167. The molecule has 0 bridgehead atoms. The Hall–Kier alpha value is -4.71. The van der Waals surface area contributed by atoms with Crippen LogP contribution in [0, 0.1) is 0 Å². The average molecular weight is 937 g/mol. The Morgan fingerprint density at radius 1 is 0.324 bits per heavy atom. The van der Waals surface area contributed by atoms with Gasteiger partial charge in [0.25, 0.3) is 0 Å². The van der Waals surface area contributed by atoms with Crippen molar-refractivity contribution in [2.24, 2.45) is 0 Å². The lowest BCUT2D eigenvalue weighted by Crippen LogP contribution is -2.30. The van der Waals surface area contributed by atoms with Gasteiger partial charge in [0.1, 0.15) is 13.2 Å². The maximum absolute atomic E-state index is 12.8. The molecule has 68 heavy (non-hydrogen) atoms. The maximum Gasteiger partial charge on any atom is 0.306 e. The van der Waals surface area contributed by atoms with E-state index in [1.807, 2.05) is 72.9 Å². The third-order valence-electron chi connectivity index (χ3n) is 10.8. The molecule has 0 amide bonds. The van der Waals surface area contributed by atoms with Crippen LogP contribution in [0.15, 0.2) is 146 Å². The molecule has 0 aliphatic rings.